The van der Waals surface area contributed by atoms with Gasteiger partial charge in [0.2, 0.25) is 5.91 Å². The van der Waals surface area contributed by atoms with Crippen LogP contribution in [0.5, 0.6) is 5.75 Å². The van der Waals surface area contributed by atoms with Gasteiger partial charge in [-0.2, -0.15) is 0 Å². The fraction of sp³-hybridized carbons (Fsp3) is 0.222. The predicted molar refractivity (Wildman–Crippen MR) is 60.5 cm³/mol. The summed E-state index contributed by atoms with van der Waals surface area (Å²) in [7, 11) is 0.912. The number of alkyl halides is 3. The lowest BCUT2D eigenvalue weighted by atomic mass is 10.3. The molecule has 0 radical (unpaired) electrons. The van der Waals surface area contributed by atoms with Crippen molar-refractivity contribution in [2.45, 2.75) is 18.2 Å². The van der Waals surface area contributed by atoms with Crippen molar-refractivity contribution in [3.05, 3.63) is 18.2 Å². The van der Waals surface area contributed by atoms with Crippen LogP contribution in [-0.4, -0.2) is 20.7 Å². The van der Waals surface area contributed by atoms with Gasteiger partial charge in [0.25, 0.3) is 9.05 Å². The summed E-state index contributed by atoms with van der Waals surface area (Å²) >= 11 is 0. The maximum Gasteiger partial charge on any atom is 0.573 e. The third kappa shape index (κ3) is 4.95. The van der Waals surface area contributed by atoms with Crippen LogP contribution in [0.4, 0.5) is 18.9 Å². The Labute approximate surface area is 110 Å². The van der Waals surface area contributed by atoms with E-state index in [-0.39, 0.29) is 0 Å². The number of hydrogen-bond donors (Lipinski definition) is 1. The van der Waals surface area contributed by atoms with Crippen LogP contribution in [0.15, 0.2) is 23.1 Å². The van der Waals surface area contributed by atoms with Gasteiger partial charge in [-0.1, -0.05) is 0 Å². The lowest BCUT2D eigenvalue weighted by Gasteiger charge is -2.14. The summed E-state index contributed by atoms with van der Waals surface area (Å²) in [4.78, 5) is 10.4. The first-order chi connectivity index (χ1) is 8.49. The van der Waals surface area contributed by atoms with E-state index in [4.69, 9.17) is 10.7 Å². The highest BCUT2D eigenvalue weighted by molar-refractivity contribution is 8.13. The molecule has 0 aliphatic heterocycles. The first-order valence-electron chi connectivity index (χ1n) is 4.61. The lowest BCUT2D eigenvalue weighted by molar-refractivity contribution is -0.274. The second-order valence-corrected chi connectivity index (χ2v) is 5.89. The van der Waals surface area contributed by atoms with Crippen molar-refractivity contribution in [1.29, 1.82) is 0 Å². The van der Waals surface area contributed by atoms with Crippen molar-refractivity contribution in [1.82, 2.24) is 0 Å². The fourth-order valence-corrected chi connectivity index (χ4v) is 1.94. The number of rotatable bonds is 3. The molecule has 0 aliphatic carbocycles. The number of nitrogens with one attached hydrogen (secondary N) is 1. The van der Waals surface area contributed by atoms with Gasteiger partial charge >= 0.3 is 6.36 Å². The van der Waals surface area contributed by atoms with Gasteiger partial charge in [0.05, 0.1) is 10.6 Å². The number of amides is 1. The van der Waals surface area contributed by atoms with Crippen molar-refractivity contribution in [2.24, 2.45) is 0 Å². The van der Waals surface area contributed by atoms with E-state index in [2.05, 4.69) is 4.74 Å². The van der Waals surface area contributed by atoms with Gasteiger partial charge in [0.15, 0.2) is 5.75 Å². The molecule has 1 aromatic rings. The van der Waals surface area contributed by atoms with Gasteiger partial charge in [-0.3, -0.25) is 4.79 Å². The summed E-state index contributed by atoms with van der Waals surface area (Å²) < 4.78 is 62.1. The molecule has 10 heteroatoms. The Morgan fingerprint density at radius 3 is 2.37 bits per heavy atom. The van der Waals surface area contributed by atoms with E-state index >= 15 is 0 Å². The molecule has 1 N–H and O–H groups in total. The first kappa shape index (κ1) is 15.6. The molecule has 19 heavy (non-hydrogen) atoms. The smallest absolute Gasteiger partial charge is 0.404 e. The van der Waals surface area contributed by atoms with Gasteiger partial charge in [-0.25, -0.2) is 8.42 Å². The van der Waals surface area contributed by atoms with Crippen molar-refractivity contribution in [3.63, 3.8) is 0 Å². The predicted octanol–water partition coefficient (Wildman–Crippen LogP) is 2.47. The van der Waals surface area contributed by atoms with E-state index in [1.807, 2.05) is 5.32 Å². The Balaban J connectivity index is 3.28. The molecule has 0 bridgehead atoms. The summed E-state index contributed by atoms with van der Waals surface area (Å²) in [6.07, 6.45) is -4.98. The van der Waals surface area contributed by atoms with E-state index in [9.17, 15) is 26.4 Å². The van der Waals surface area contributed by atoms with Gasteiger partial charge in [-0.05, 0) is 18.2 Å². The van der Waals surface area contributed by atoms with Crippen LogP contribution in [0.3, 0.4) is 0 Å². The number of carbonyl (C=O) groups excluding carboxylic acids is 1. The minimum Gasteiger partial charge on any atom is -0.404 e. The third-order valence-corrected chi connectivity index (χ3v) is 3.12. The Morgan fingerprint density at radius 2 is 1.95 bits per heavy atom. The van der Waals surface area contributed by atoms with Crippen LogP contribution < -0.4 is 10.1 Å². The van der Waals surface area contributed by atoms with Crippen LogP contribution in [-0.2, 0) is 13.8 Å². The third-order valence-electron chi connectivity index (χ3n) is 1.77. The normalized spacial score (nSPS) is 12.1. The summed E-state index contributed by atoms with van der Waals surface area (Å²) in [5.41, 5.74) is -0.452. The maximum absolute atomic E-state index is 12.1. The standard InChI is InChI=1S/C9H7ClF3NO4S/c1-5(15)14-7-4-6(19(10,16)17)2-3-8(7)18-9(11,12)13/h2-4H,1H3,(H,14,15). The second kappa shape index (κ2) is 5.25. The molecular formula is C9H7ClF3NO4S. The molecule has 0 spiro atoms. The minimum atomic E-state index is -4.98. The molecular weight excluding hydrogens is 311 g/mol. The zero-order valence-corrected chi connectivity index (χ0v) is 10.9. The molecule has 0 fully saturated rings. The number of ether oxygens (including phenoxy) is 1. The largest absolute Gasteiger partial charge is 0.573 e. The molecule has 0 heterocycles. The molecule has 0 saturated carbocycles. The van der Waals surface area contributed by atoms with Gasteiger partial charge in [0.1, 0.15) is 0 Å². The highest BCUT2D eigenvalue weighted by atomic mass is 35.7. The van der Waals surface area contributed by atoms with Crippen molar-refractivity contribution < 1.29 is 31.1 Å². The summed E-state index contributed by atoms with van der Waals surface area (Å²) in [6.45, 7) is 1.04. The van der Waals surface area contributed by atoms with Crippen LogP contribution in [0.2, 0.25) is 0 Å². The molecule has 5 nitrogen and oxygen atoms in total. The quantitative estimate of drug-likeness (QED) is 0.869. The van der Waals surface area contributed by atoms with Crippen LogP contribution in [0, 0.1) is 0 Å². The molecule has 0 saturated heterocycles. The van der Waals surface area contributed by atoms with E-state index < -0.39 is 37.7 Å². The molecule has 0 aromatic heterocycles. The number of hydrogen-bond acceptors (Lipinski definition) is 4. The van der Waals surface area contributed by atoms with Crippen LogP contribution in [0.25, 0.3) is 0 Å². The molecule has 0 unspecified atom stereocenters. The van der Waals surface area contributed by atoms with E-state index in [0.717, 1.165) is 25.1 Å². The number of anilines is 1. The Bertz CT molecular complexity index is 600. The number of benzene rings is 1. The van der Waals surface area contributed by atoms with Gasteiger partial charge in [-0.15, -0.1) is 13.2 Å². The van der Waals surface area contributed by atoms with Crippen LogP contribution in [0.1, 0.15) is 6.92 Å². The summed E-state index contributed by atoms with van der Waals surface area (Å²) in [6, 6.07) is 2.34. The van der Waals surface area contributed by atoms with Gasteiger partial charge in [0, 0.05) is 17.6 Å². The summed E-state index contributed by atoms with van der Waals surface area (Å²) in [5, 5.41) is 2.02. The van der Waals surface area contributed by atoms with Crippen LogP contribution >= 0.6 is 10.7 Å². The molecule has 0 atom stereocenters. The Hall–Kier alpha value is -1.48. The Morgan fingerprint density at radius 1 is 1.37 bits per heavy atom. The zero-order valence-electron chi connectivity index (χ0n) is 9.29. The average molecular weight is 318 g/mol. The van der Waals surface area contributed by atoms with Gasteiger partial charge < -0.3 is 10.1 Å². The van der Waals surface area contributed by atoms with Crippen molar-refractivity contribution in [3.8, 4) is 5.75 Å². The average Bonchev–Trinajstić information content (AvgIpc) is 2.15. The zero-order chi connectivity index (χ0) is 14.8. The topological polar surface area (TPSA) is 72.5 Å². The van der Waals surface area contributed by atoms with Crippen molar-refractivity contribution >= 4 is 31.3 Å². The highest BCUT2D eigenvalue weighted by Gasteiger charge is 2.32. The van der Waals surface area contributed by atoms with E-state index in [0.29, 0.717) is 0 Å². The fourth-order valence-electron chi connectivity index (χ4n) is 1.16. The minimum absolute atomic E-state index is 0.452. The molecule has 1 aromatic carbocycles. The first-order valence-corrected chi connectivity index (χ1v) is 6.92. The molecule has 106 valence electrons. The maximum atomic E-state index is 12.1. The molecule has 1 rings (SSSR count). The van der Waals surface area contributed by atoms with E-state index in [1.54, 1.807) is 0 Å². The molecule has 1 amide bonds. The Kier molecular flexibility index (Phi) is 4.31. The monoisotopic (exact) mass is 317 g/mol. The number of halogens is 4. The second-order valence-electron chi connectivity index (χ2n) is 3.32. The molecule has 0 aliphatic rings. The number of carbonyl (C=O) groups is 1. The lowest BCUT2D eigenvalue weighted by Crippen LogP contribution is -2.19. The van der Waals surface area contributed by atoms with E-state index in [1.165, 1.54) is 0 Å². The SMILES string of the molecule is CC(=O)Nc1cc(S(=O)(=O)Cl)ccc1OC(F)(F)F. The highest BCUT2D eigenvalue weighted by Crippen LogP contribution is 2.33. The van der Waals surface area contributed by atoms with Crippen molar-refractivity contribution in [2.75, 3.05) is 5.32 Å². The summed E-state index contributed by atoms with van der Waals surface area (Å²) in [5.74, 6) is -1.44.